The molecule has 0 bridgehead atoms. The van der Waals surface area contributed by atoms with Crippen molar-refractivity contribution in [1.82, 2.24) is 0 Å². The SMILES string of the molecule is C=C(C)COCCC[Si](O[Si](C)(C)C)(O[Si](C)(C)C)O[Si](O[Si](C)(C)C)(O[Si](C)(C)C)O[Si](O[Si](C)(C)C)(O[Si](C)(C)C)O[Si](CCCOCC(=C)C)(O[Si](C)(C)C)O[Si](C)(C)C. The Bertz CT molecular complexity index is 1240. The summed E-state index contributed by atoms with van der Waals surface area (Å²) in [6.07, 6.45) is 1.23. The highest BCUT2D eigenvalue weighted by Gasteiger charge is 2.70. The Labute approximate surface area is 401 Å². The van der Waals surface area contributed by atoms with E-state index in [2.05, 4.69) is 170 Å². The molecule has 0 aliphatic heterocycles. The van der Waals surface area contributed by atoms with Crippen molar-refractivity contribution in [3.63, 3.8) is 0 Å². The summed E-state index contributed by atoms with van der Waals surface area (Å²) in [6.45, 7) is 65.3. The molecule has 25 heteroatoms. The van der Waals surface area contributed by atoms with E-state index in [1.165, 1.54) is 0 Å². The van der Waals surface area contributed by atoms with Crippen molar-refractivity contribution >= 4 is 102 Å². The van der Waals surface area contributed by atoms with E-state index in [4.69, 9.17) is 54.7 Å². The van der Waals surface area contributed by atoms with Gasteiger partial charge >= 0.3 is 35.7 Å². The fourth-order valence-corrected chi connectivity index (χ4v) is 50.4. The van der Waals surface area contributed by atoms with E-state index < -0.39 is 102 Å². The Morgan fingerprint density at radius 2 is 0.508 bits per heavy atom. The van der Waals surface area contributed by atoms with Gasteiger partial charge in [0.25, 0.3) is 0 Å². The topological polar surface area (TPSA) is 120 Å². The summed E-state index contributed by atoms with van der Waals surface area (Å²) in [5.41, 5.74) is 1.92. The molecule has 63 heavy (non-hydrogen) atoms. The number of hydrogen-bond donors (Lipinski definition) is 0. The zero-order valence-corrected chi connectivity index (χ0v) is 57.4. The van der Waals surface area contributed by atoms with Crippen LogP contribution in [-0.2, 0) is 54.7 Å². The first-order valence-corrected chi connectivity index (χ1v) is 57.2. The average Bonchev–Trinajstić information content (AvgIpc) is 2.88. The Morgan fingerprint density at radius 1 is 0.302 bits per heavy atom. The van der Waals surface area contributed by atoms with Crippen LogP contribution in [0.2, 0.25) is 169 Å². The van der Waals surface area contributed by atoms with E-state index >= 15 is 0 Å². The van der Waals surface area contributed by atoms with Crippen LogP contribution in [0.1, 0.15) is 26.7 Å². The lowest BCUT2D eigenvalue weighted by molar-refractivity contribution is 0.0376. The van der Waals surface area contributed by atoms with Crippen LogP contribution in [0, 0.1) is 0 Å². The molecule has 0 N–H and O–H groups in total. The van der Waals surface area contributed by atoms with Gasteiger partial charge in [0.05, 0.1) is 13.2 Å². The van der Waals surface area contributed by atoms with Gasteiger partial charge < -0.3 is 54.7 Å². The van der Waals surface area contributed by atoms with Crippen molar-refractivity contribution < 1.29 is 54.7 Å². The quantitative estimate of drug-likeness (QED) is 0.0346. The maximum Gasteiger partial charge on any atom is 0.645 e. The molecular formula is C38H98O13Si12. The molecule has 13 nitrogen and oxygen atoms in total. The van der Waals surface area contributed by atoms with Gasteiger partial charge in [-0.2, -0.15) is 0 Å². The van der Waals surface area contributed by atoms with Crippen LogP contribution in [0.15, 0.2) is 24.3 Å². The van der Waals surface area contributed by atoms with Crippen LogP contribution in [0.5, 0.6) is 0 Å². The zero-order valence-electron chi connectivity index (χ0n) is 45.4. The molecule has 0 aliphatic rings. The summed E-state index contributed by atoms with van der Waals surface area (Å²) < 4.78 is 94.6. The van der Waals surface area contributed by atoms with Crippen LogP contribution in [-0.4, -0.2) is 129 Å². The van der Waals surface area contributed by atoms with Crippen molar-refractivity contribution in [2.24, 2.45) is 0 Å². The van der Waals surface area contributed by atoms with Crippen molar-refractivity contribution in [3.8, 4) is 0 Å². The van der Waals surface area contributed by atoms with Crippen molar-refractivity contribution in [3.05, 3.63) is 24.3 Å². The van der Waals surface area contributed by atoms with Gasteiger partial charge in [0.1, 0.15) is 0 Å². The van der Waals surface area contributed by atoms with E-state index in [0.717, 1.165) is 11.1 Å². The molecule has 0 saturated heterocycles. The van der Waals surface area contributed by atoms with Gasteiger partial charge in [-0.05, 0) is 184 Å². The standard InChI is InChI=1S/C38H98O13Si12/c1-37(2)35-39-31-29-33-60(41-52(5,6)7,42-53(8,9)10)49-62(45-56(17,18)19,46-57(20,21)22)51-63(47-58(23,24)25,48-59(26,27)28)50-61(43-54(11,12)13,44-55(14,15)16)34-30-32-40-36-38(3)4/h1,3,29-36H2,2,4-28H3. The molecule has 0 radical (unpaired) electrons. The second-order valence-electron chi connectivity index (χ2n) is 24.6. The van der Waals surface area contributed by atoms with E-state index in [-0.39, 0.29) is 0 Å². The summed E-state index contributed by atoms with van der Waals surface area (Å²) in [7, 11) is -36.8. The minimum Gasteiger partial charge on any atom is -0.417 e. The molecule has 0 aromatic heterocycles. The predicted molar refractivity (Wildman–Crippen MR) is 292 cm³/mol. The molecule has 0 unspecified atom stereocenters. The minimum atomic E-state index is -4.54. The Balaban J connectivity index is 8.85. The summed E-state index contributed by atoms with van der Waals surface area (Å²) in [5, 5.41) is 0. The third-order valence-electron chi connectivity index (χ3n) is 6.62. The number of hydrogen-bond acceptors (Lipinski definition) is 13. The first-order valence-electron chi connectivity index (χ1n) is 22.8. The van der Waals surface area contributed by atoms with Crippen molar-refractivity contribution in [2.45, 2.75) is 196 Å². The van der Waals surface area contributed by atoms with Gasteiger partial charge in [-0.25, -0.2) is 0 Å². The third-order valence-corrected chi connectivity index (χ3v) is 43.6. The maximum atomic E-state index is 7.83. The zero-order chi connectivity index (χ0) is 50.0. The highest BCUT2D eigenvalue weighted by Crippen LogP contribution is 2.40. The fourth-order valence-electron chi connectivity index (χ4n) is 5.86. The number of rotatable bonds is 34. The van der Waals surface area contributed by atoms with Crippen molar-refractivity contribution in [1.29, 1.82) is 0 Å². The Hall–Kier alpha value is 1.56. The molecule has 0 spiro atoms. The molecule has 0 fully saturated rings. The molecule has 0 amide bonds. The molecule has 0 aromatic carbocycles. The molecule has 0 rings (SSSR count). The van der Waals surface area contributed by atoms with E-state index in [0.29, 0.717) is 51.4 Å². The smallest absolute Gasteiger partial charge is 0.417 e. The molecule has 0 atom stereocenters. The average molecular weight is 1100 g/mol. The van der Waals surface area contributed by atoms with Gasteiger partial charge in [0, 0.05) is 25.3 Å². The highest BCUT2D eigenvalue weighted by atomic mass is 28.6. The Kier molecular flexibility index (Phi) is 25.2. The van der Waals surface area contributed by atoms with E-state index in [9.17, 15) is 0 Å². The maximum absolute atomic E-state index is 7.83. The lowest BCUT2D eigenvalue weighted by atomic mass is 10.4. The third kappa shape index (κ3) is 32.9. The second-order valence-corrected chi connectivity index (χ2v) is 73.1. The first-order chi connectivity index (χ1) is 27.6. The largest absolute Gasteiger partial charge is 0.645 e. The van der Waals surface area contributed by atoms with Gasteiger partial charge in [0.15, 0.2) is 66.5 Å². The number of ether oxygens (including phenoxy) is 2. The molecule has 0 aromatic rings. The lowest BCUT2D eigenvalue weighted by Gasteiger charge is -2.50. The molecular weight excluding hydrogens is 1000 g/mol. The normalized spacial score (nSPS) is 15.0. The predicted octanol–water partition coefficient (Wildman–Crippen LogP) is 12.6. The first kappa shape index (κ1) is 64.6. The Morgan fingerprint density at radius 3 is 0.683 bits per heavy atom. The van der Waals surface area contributed by atoms with Crippen LogP contribution >= 0.6 is 0 Å². The van der Waals surface area contributed by atoms with Crippen LogP contribution < -0.4 is 0 Å². The second kappa shape index (κ2) is 24.6. The van der Waals surface area contributed by atoms with Gasteiger partial charge in [0.2, 0.25) is 0 Å². The van der Waals surface area contributed by atoms with Crippen LogP contribution in [0.25, 0.3) is 0 Å². The van der Waals surface area contributed by atoms with E-state index in [1.54, 1.807) is 0 Å². The van der Waals surface area contributed by atoms with E-state index in [1.807, 2.05) is 13.8 Å². The monoisotopic (exact) mass is 1100 g/mol. The summed E-state index contributed by atoms with van der Waals surface area (Å²) in [4.78, 5) is 0. The molecule has 376 valence electrons. The van der Waals surface area contributed by atoms with Crippen LogP contribution in [0.4, 0.5) is 0 Å². The van der Waals surface area contributed by atoms with Crippen molar-refractivity contribution in [2.75, 3.05) is 26.4 Å². The summed E-state index contributed by atoms with van der Waals surface area (Å²) >= 11 is 0. The van der Waals surface area contributed by atoms with Gasteiger partial charge in [-0.3, -0.25) is 0 Å². The molecule has 0 heterocycles. The highest BCUT2D eigenvalue weighted by molar-refractivity contribution is 6.96. The minimum absolute atomic E-state index is 0.458. The fraction of sp³-hybridized carbons (Fsp3) is 0.895. The lowest BCUT2D eigenvalue weighted by Crippen LogP contribution is -2.75. The summed E-state index contributed by atoms with van der Waals surface area (Å²) in [6, 6.07) is 0.916. The van der Waals surface area contributed by atoms with Gasteiger partial charge in [-0.15, -0.1) is 0 Å². The molecule has 0 saturated carbocycles. The van der Waals surface area contributed by atoms with Gasteiger partial charge in [-0.1, -0.05) is 24.3 Å². The summed E-state index contributed by atoms with van der Waals surface area (Å²) in [5.74, 6) is 0. The molecule has 0 aliphatic carbocycles. The van der Waals surface area contributed by atoms with Crippen LogP contribution in [0.3, 0.4) is 0 Å².